The predicted octanol–water partition coefficient (Wildman–Crippen LogP) is 13.1. The van der Waals surface area contributed by atoms with Gasteiger partial charge >= 0.3 is 0 Å². The molecule has 0 unspecified atom stereocenters. The summed E-state index contributed by atoms with van der Waals surface area (Å²) in [5.74, 6) is 0. The van der Waals surface area contributed by atoms with Crippen molar-refractivity contribution in [1.82, 2.24) is 9.55 Å². The van der Waals surface area contributed by atoms with Gasteiger partial charge in [-0.25, -0.2) is 0 Å². The van der Waals surface area contributed by atoms with Gasteiger partial charge in [0.05, 0.1) is 15.9 Å². The maximum absolute atomic E-state index is 5.00. The van der Waals surface area contributed by atoms with Crippen LogP contribution in [0.5, 0.6) is 0 Å². The second-order valence-corrected chi connectivity index (χ2v) is 14.5. The zero-order chi connectivity index (χ0) is 32.8. The molecule has 0 spiro atoms. The first-order valence-electron chi connectivity index (χ1n) is 17.3. The summed E-state index contributed by atoms with van der Waals surface area (Å²) < 4.78 is 5.00. The first kappa shape index (κ1) is 27.9. The zero-order valence-electron chi connectivity index (χ0n) is 27.2. The lowest BCUT2D eigenvalue weighted by Crippen LogP contribution is -2.02. The van der Waals surface area contributed by atoms with Crippen LogP contribution in [-0.2, 0) is 6.42 Å². The van der Waals surface area contributed by atoms with Gasteiger partial charge in [-0.05, 0) is 98.8 Å². The third-order valence-corrected chi connectivity index (χ3v) is 11.9. The molecule has 0 bridgehead atoms. The van der Waals surface area contributed by atoms with Crippen molar-refractivity contribution in [3.05, 3.63) is 163 Å². The van der Waals surface area contributed by atoms with Gasteiger partial charge < -0.3 is 4.57 Å². The summed E-state index contributed by atoms with van der Waals surface area (Å²) in [6, 6.07) is 51.4. The summed E-state index contributed by atoms with van der Waals surface area (Å²) in [5, 5.41) is 11.6. The van der Waals surface area contributed by atoms with Gasteiger partial charge in [-0.15, -0.1) is 11.3 Å². The third-order valence-electron chi connectivity index (χ3n) is 10.7. The molecule has 0 atom stereocenters. The number of pyridine rings is 1. The molecule has 11 rings (SSSR count). The van der Waals surface area contributed by atoms with Crippen molar-refractivity contribution in [2.75, 3.05) is 0 Å². The second kappa shape index (κ2) is 10.7. The Morgan fingerprint density at radius 1 is 0.520 bits per heavy atom. The molecule has 3 heterocycles. The van der Waals surface area contributed by atoms with Crippen molar-refractivity contribution in [1.29, 1.82) is 0 Å². The molecule has 0 N–H and O–H groups in total. The number of hydrogen-bond donors (Lipinski definition) is 0. The monoisotopic (exact) mass is 654 g/mol. The maximum Gasteiger partial charge on any atom is 0.0880 e. The summed E-state index contributed by atoms with van der Waals surface area (Å²) in [6.45, 7) is 0. The highest BCUT2D eigenvalue weighted by Gasteiger charge is 2.20. The first-order valence-corrected chi connectivity index (χ1v) is 18.2. The molecule has 10 aromatic rings. The fourth-order valence-corrected chi connectivity index (χ4v) is 9.63. The van der Waals surface area contributed by atoms with E-state index in [0.717, 1.165) is 24.1 Å². The first-order chi connectivity index (χ1) is 24.8. The summed E-state index contributed by atoms with van der Waals surface area (Å²) in [7, 11) is 0. The molecule has 2 nitrogen and oxygen atoms in total. The van der Waals surface area contributed by atoms with Crippen LogP contribution in [0.4, 0.5) is 0 Å². The Bertz CT molecular complexity index is 3010. The van der Waals surface area contributed by atoms with Gasteiger partial charge in [0.15, 0.2) is 0 Å². The Kier molecular flexibility index (Phi) is 5.98. The minimum absolute atomic E-state index is 1.04. The van der Waals surface area contributed by atoms with E-state index in [0.29, 0.717) is 0 Å². The summed E-state index contributed by atoms with van der Waals surface area (Å²) in [6.07, 6.45) is 8.73. The molecule has 234 valence electrons. The second-order valence-electron chi connectivity index (χ2n) is 13.4. The lowest BCUT2D eigenvalue weighted by atomic mass is 9.91. The predicted molar refractivity (Wildman–Crippen MR) is 215 cm³/mol. The van der Waals surface area contributed by atoms with E-state index < -0.39 is 0 Å². The van der Waals surface area contributed by atoms with E-state index in [1.54, 1.807) is 0 Å². The van der Waals surface area contributed by atoms with Crippen LogP contribution < -0.4 is 0 Å². The van der Waals surface area contributed by atoms with Gasteiger partial charge in [0.1, 0.15) is 0 Å². The van der Waals surface area contributed by atoms with E-state index >= 15 is 0 Å². The fraction of sp³-hybridized carbons (Fsp3) is 0.0426. The number of thiophene rings is 1. The van der Waals surface area contributed by atoms with Crippen molar-refractivity contribution in [3.8, 4) is 28.1 Å². The molecule has 3 aromatic heterocycles. The van der Waals surface area contributed by atoms with E-state index in [4.69, 9.17) is 4.98 Å². The molecule has 50 heavy (non-hydrogen) atoms. The summed E-state index contributed by atoms with van der Waals surface area (Å²) in [4.78, 5) is 5.00. The number of para-hydroxylation sites is 1. The molecule has 1 aliphatic carbocycles. The SMILES string of the molecule is C1=Cc2c(n(-c3ccc4sc5c(-c6cccc(-c7ccc8c9ccccc9c9ccccc9c8c7)c6)nccc5c4c3)c3ccccc23)CC1. The van der Waals surface area contributed by atoms with Crippen LogP contribution in [0.2, 0.25) is 0 Å². The van der Waals surface area contributed by atoms with Gasteiger partial charge in [-0.2, -0.15) is 0 Å². The molecule has 0 radical (unpaired) electrons. The van der Waals surface area contributed by atoms with Crippen LogP contribution in [0.25, 0.3) is 97.5 Å². The Labute approximate surface area is 293 Å². The molecule has 0 fully saturated rings. The van der Waals surface area contributed by atoms with Gasteiger partial charge in [0.25, 0.3) is 0 Å². The Balaban J connectivity index is 1.05. The highest BCUT2D eigenvalue weighted by atomic mass is 32.1. The van der Waals surface area contributed by atoms with Crippen LogP contribution in [0.3, 0.4) is 0 Å². The van der Waals surface area contributed by atoms with Crippen LogP contribution in [-0.4, -0.2) is 9.55 Å². The number of nitrogens with zero attached hydrogens (tertiary/aromatic N) is 2. The smallest absolute Gasteiger partial charge is 0.0880 e. The molecule has 1 aliphatic rings. The summed E-state index contributed by atoms with van der Waals surface area (Å²) in [5.41, 5.74) is 9.85. The Hall–Kier alpha value is -6.03. The lowest BCUT2D eigenvalue weighted by Gasteiger charge is -2.13. The molecule has 0 aliphatic heterocycles. The van der Waals surface area contributed by atoms with Gasteiger partial charge in [-0.3, -0.25) is 4.98 Å². The van der Waals surface area contributed by atoms with Crippen molar-refractivity contribution < 1.29 is 0 Å². The van der Waals surface area contributed by atoms with E-state index in [9.17, 15) is 0 Å². The standard InChI is InChI=1S/C47H30N2S/c1-2-14-35-33(12-1)34-13-3-4-15-36(34)41-27-30(20-22-37(35)41)29-10-9-11-31(26-29)46-47-40(24-25-48-46)42-28-32(21-23-45(42)50-47)49-43-18-7-5-16-38(43)39-17-6-8-19-44(39)49/h1-7,9-18,20-28H,8,19H2. The van der Waals surface area contributed by atoms with E-state index in [1.807, 2.05) is 17.5 Å². The zero-order valence-corrected chi connectivity index (χ0v) is 28.0. The maximum atomic E-state index is 5.00. The largest absolute Gasteiger partial charge is 0.313 e. The highest BCUT2D eigenvalue weighted by molar-refractivity contribution is 7.26. The lowest BCUT2D eigenvalue weighted by molar-refractivity contribution is 0.889. The summed E-state index contributed by atoms with van der Waals surface area (Å²) >= 11 is 1.84. The molecule has 3 heteroatoms. The molecule has 7 aromatic carbocycles. The van der Waals surface area contributed by atoms with Gasteiger partial charge in [0.2, 0.25) is 0 Å². The third kappa shape index (κ3) is 4.05. The number of aromatic nitrogens is 2. The average Bonchev–Trinajstić information content (AvgIpc) is 3.73. The van der Waals surface area contributed by atoms with Crippen molar-refractivity contribution >= 4 is 80.8 Å². The minimum atomic E-state index is 1.04. The van der Waals surface area contributed by atoms with E-state index in [1.165, 1.54) is 91.5 Å². The van der Waals surface area contributed by atoms with Gasteiger partial charge in [-0.1, -0.05) is 109 Å². The topological polar surface area (TPSA) is 17.8 Å². The van der Waals surface area contributed by atoms with Crippen LogP contribution in [0.15, 0.2) is 152 Å². The molecular formula is C47H30N2S. The fourth-order valence-electron chi connectivity index (χ4n) is 8.44. The van der Waals surface area contributed by atoms with Gasteiger partial charge in [0, 0.05) is 49.6 Å². The molecule has 0 saturated heterocycles. The van der Waals surface area contributed by atoms with Crippen LogP contribution in [0, 0.1) is 0 Å². The normalized spacial score (nSPS) is 13.0. The number of allylic oxidation sites excluding steroid dienone is 1. The molecule has 0 saturated carbocycles. The average molecular weight is 655 g/mol. The molecule has 0 amide bonds. The Morgan fingerprint density at radius 2 is 1.22 bits per heavy atom. The number of rotatable bonds is 3. The minimum Gasteiger partial charge on any atom is -0.313 e. The quantitative estimate of drug-likeness (QED) is 0.173. The van der Waals surface area contributed by atoms with Crippen molar-refractivity contribution in [2.45, 2.75) is 12.8 Å². The van der Waals surface area contributed by atoms with Crippen molar-refractivity contribution in [3.63, 3.8) is 0 Å². The number of fused-ring (bicyclic) bond motifs is 12. The highest BCUT2D eigenvalue weighted by Crippen LogP contribution is 2.42. The van der Waals surface area contributed by atoms with Crippen LogP contribution in [0.1, 0.15) is 17.7 Å². The number of hydrogen-bond acceptors (Lipinski definition) is 2. The Morgan fingerprint density at radius 3 is 2.04 bits per heavy atom. The number of benzene rings is 7. The van der Waals surface area contributed by atoms with Crippen molar-refractivity contribution in [2.24, 2.45) is 0 Å². The van der Waals surface area contributed by atoms with E-state index in [2.05, 4.69) is 156 Å². The van der Waals surface area contributed by atoms with E-state index in [-0.39, 0.29) is 0 Å². The molecular weight excluding hydrogens is 625 g/mol. The van der Waals surface area contributed by atoms with Crippen LogP contribution >= 0.6 is 11.3 Å².